The molecule has 4 heteroatoms. The molecule has 96 valence electrons. The first kappa shape index (κ1) is 12.8. The summed E-state index contributed by atoms with van der Waals surface area (Å²) < 4.78 is 15.8. The van der Waals surface area contributed by atoms with Gasteiger partial charge in [-0.1, -0.05) is 19.1 Å². The van der Waals surface area contributed by atoms with Gasteiger partial charge >= 0.3 is 0 Å². The van der Waals surface area contributed by atoms with Crippen LogP contribution in [0.5, 0.6) is 0 Å². The van der Waals surface area contributed by atoms with Gasteiger partial charge in [-0.05, 0) is 31.5 Å². The van der Waals surface area contributed by atoms with Gasteiger partial charge in [-0.15, -0.1) is 0 Å². The summed E-state index contributed by atoms with van der Waals surface area (Å²) in [7, 11) is 0. The average molecular weight is 247 g/mol. The Morgan fingerprint density at radius 2 is 2.22 bits per heavy atom. The predicted molar refractivity (Wildman–Crippen MR) is 70.3 cm³/mol. The van der Waals surface area contributed by atoms with E-state index in [0.29, 0.717) is 12.2 Å². The van der Waals surface area contributed by atoms with Gasteiger partial charge in [0.25, 0.3) is 0 Å². The number of para-hydroxylation sites is 1. The number of aromatic nitrogens is 2. The van der Waals surface area contributed by atoms with E-state index in [1.54, 1.807) is 23.0 Å². The van der Waals surface area contributed by atoms with Crippen LogP contribution in [-0.2, 0) is 6.54 Å². The molecule has 2 aromatic rings. The van der Waals surface area contributed by atoms with E-state index < -0.39 is 0 Å². The quantitative estimate of drug-likeness (QED) is 0.823. The molecule has 0 aliphatic rings. The summed E-state index contributed by atoms with van der Waals surface area (Å²) in [5, 5.41) is 3.30. The molecule has 18 heavy (non-hydrogen) atoms. The summed E-state index contributed by atoms with van der Waals surface area (Å²) in [5.74, 6) is 0.573. The van der Waals surface area contributed by atoms with Crippen LogP contribution < -0.4 is 5.32 Å². The minimum atomic E-state index is -0.216. The van der Waals surface area contributed by atoms with Crippen molar-refractivity contribution in [2.75, 3.05) is 6.54 Å². The molecule has 2 rings (SSSR count). The maximum absolute atomic E-state index is 14.0. The second kappa shape index (κ2) is 5.78. The van der Waals surface area contributed by atoms with Gasteiger partial charge in [0.15, 0.2) is 0 Å². The normalized spacial score (nSPS) is 10.8. The van der Waals surface area contributed by atoms with E-state index in [2.05, 4.69) is 17.2 Å². The van der Waals surface area contributed by atoms with Crippen molar-refractivity contribution in [2.24, 2.45) is 0 Å². The maximum atomic E-state index is 14.0. The minimum absolute atomic E-state index is 0.216. The molecule has 0 saturated heterocycles. The summed E-state index contributed by atoms with van der Waals surface area (Å²) in [4.78, 5) is 4.15. The highest BCUT2D eigenvalue weighted by Crippen LogP contribution is 2.20. The Bertz CT molecular complexity index is 520. The largest absolute Gasteiger partial charge is 0.313 e. The summed E-state index contributed by atoms with van der Waals surface area (Å²) >= 11 is 0. The molecule has 1 heterocycles. The van der Waals surface area contributed by atoms with Crippen molar-refractivity contribution in [1.29, 1.82) is 0 Å². The van der Waals surface area contributed by atoms with E-state index in [-0.39, 0.29) is 5.82 Å². The average Bonchev–Trinajstić information content (AvgIpc) is 2.76. The SMILES string of the molecule is CCCNCc1cccc(F)c1-n1ccnc1C. The van der Waals surface area contributed by atoms with Crippen molar-refractivity contribution in [1.82, 2.24) is 14.9 Å². The number of nitrogens with zero attached hydrogens (tertiary/aromatic N) is 2. The fraction of sp³-hybridized carbons (Fsp3) is 0.357. The number of hydrogen-bond acceptors (Lipinski definition) is 2. The fourth-order valence-electron chi connectivity index (χ4n) is 1.99. The number of aryl methyl sites for hydroxylation is 1. The lowest BCUT2D eigenvalue weighted by atomic mass is 10.1. The van der Waals surface area contributed by atoms with Crippen molar-refractivity contribution >= 4 is 0 Å². The highest BCUT2D eigenvalue weighted by molar-refractivity contribution is 5.43. The lowest BCUT2D eigenvalue weighted by Crippen LogP contribution is -2.16. The van der Waals surface area contributed by atoms with E-state index in [1.807, 2.05) is 13.0 Å². The van der Waals surface area contributed by atoms with Crippen LogP contribution in [0.2, 0.25) is 0 Å². The van der Waals surface area contributed by atoms with Crippen molar-refractivity contribution in [3.05, 3.63) is 47.8 Å². The minimum Gasteiger partial charge on any atom is -0.313 e. The molecular weight excluding hydrogens is 229 g/mol. The van der Waals surface area contributed by atoms with Gasteiger partial charge in [-0.3, -0.25) is 0 Å². The Balaban J connectivity index is 2.36. The second-order valence-electron chi connectivity index (χ2n) is 4.27. The fourth-order valence-corrected chi connectivity index (χ4v) is 1.99. The summed E-state index contributed by atoms with van der Waals surface area (Å²) in [6.07, 6.45) is 4.54. The summed E-state index contributed by atoms with van der Waals surface area (Å²) in [6, 6.07) is 5.17. The Kier molecular flexibility index (Phi) is 4.10. The van der Waals surface area contributed by atoms with Crippen LogP contribution >= 0.6 is 0 Å². The molecule has 0 radical (unpaired) electrons. The molecule has 1 aromatic carbocycles. The van der Waals surface area contributed by atoms with E-state index in [1.165, 1.54) is 6.07 Å². The van der Waals surface area contributed by atoms with Gasteiger partial charge < -0.3 is 9.88 Å². The molecule has 0 bridgehead atoms. The van der Waals surface area contributed by atoms with Crippen LogP contribution in [0.25, 0.3) is 5.69 Å². The topological polar surface area (TPSA) is 29.9 Å². The molecule has 0 fully saturated rings. The maximum Gasteiger partial charge on any atom is 0.147 e. The third-order valence-corrected chi connectivity index (χ3v) is 2.88. The highest BCUT2D eigenvalue weighted by Gasteiger charge is 2.11. The molecule has 0 unspecified atom stereocenters. The van der Waals surface area contributed by atoms with Gasteiger partial charge in [-0.2, -0.15) is 0 Å². The van der Waals surface area contributed by atoms with E-state index in [4.69, 9.17) is 0 Å². The van der Waals surface area contributed by atoms with E-state index in [0.717, 1.165) is 24.4 Å². The molecular formula is C14H18FN3. The molecule has 0 atom stereocenters. The smallest absolute Gasteiger partial charge is 0.147 e. The van der Waals surface area contributed by atoms with Crippen LogP contribution in [0.15, 0.2) is 30.6 Å². The Labute approximate surface area is 107 Å². The Hall–Kier alpha value is -1.68. The zero-order valence-electron chi connectivity index (χ0n) is 10.8. The Morgan fingerprint density at radius 3 is 2.89 bits per heavy atom. The Morgan fingerprint density at radius 1 is 1.39 bits per heavy atom. The van der Waals surface area contributed by atoms with Crippen molar-refractivity contribution in [2.45, 2.75) is 26.8 Å². The van der Waals surface area contributed by atoms with Crippen LogP contribution in [-0.4, -0.2) is 16.1 Å². The van der Waals surface area contributed by atoms with Crippen LogP contribution in [0, 0.1) is 12.7 Å². The van der Waals surface area contributed by atoms with Crippen molar-refractivity contribution in [3.8, 4) is 5.69 Å². The number of rotatable bonds is 5. The third-order valence-electron chi connectivity index (χ3n) is 2.88. The number of hydrogen-bond donors (Lipinski definition) is 1. The van der Waals surface area contributed by atoms with Gasteiger partial charge in [-0.25, -0.2) is 9.37 Å². The van der Waals surface area contributed by atoms with E-state index in [9.17, 15) is 4.39 Å². The molecule has 0 saturated carbocycles. The van der Waals surface area contributed by atoms with Crippen molar-refractivity contribution in [3.63, 3.8) is 0 Å². The van der Waals surface area contributed by atoms with Crippen molar-refractivity contribution < 1.29 is 4.39 Å². The number of halogens is 1. The standard InChI is InChI=1S/C14H18FN3/c1-3-7-16-10-12-5-4-6-13(15)14(12)18-9-8-17-11(18)2/h4-6,8-9,16H,3,7,10H2,1-2H3. The van der Waals surface area contributed by atoms with E-state index >= 15 is 0 Å². The first-order valence-electron chi connectivity index (χ1n) is 6.22. The van der Waals surface area contributed by atoms with Gasteiger partial charge in [0.1, 0.15) is 11.6 Å². The number of nitrogens with one attached hydrogen (secondary N) is 1. The third kappa shape index (κ3) is 2.59. The van der Waals surface area contributed by atoms with Gasteiger partial charge in [0.05, 0.1) is 5.69 Å². The molecule has 1 aromatic heterocycles. The van der Waals surface area contributed by atoms with Gasteiger partial charge in [0.2, 0.25) is 0 Å². The monoisotopic (exact) mass is 247 g/mol. The first-order valence-corrected chi connectivity index (χ1v) is 6.22. The zero-order valence-corrected chi connectivity index (χ0v) is 10.8. The number of imidazole rings is 1. The summed E-state index contributed by atoms with van der Waals surface area (Å²) in [6.45, 7) is 5.58. The predicted octanol–water partition coefficient (Wildman–Crippen LogP) is 2.82. The highest BCUT2D eigenvalue weighted by atomic mass is 19.1. The molecule has 3 nitrogen and oxygen atoms in total. The molecule has 0 aliphatic carbocycles. The van der Waals surface area contributed by atoms with Crippen LogP contribution in [0.4, 0.5) is 4.39 Å². The zero-order chi connectivity index (χ0) is 13.0. The van der Waals surface area contributed by atoms with Crippen LogP contribution in [0.3, 0.4) is 0 Å². The molecule has 0 amide bonds. The van der Waals surface area contributed by atoms with Crippen LogP contribution in [0.1, 0.15) is 24.7 Å². The molecule has 0 aliphatic heterocycles. The lowest BCUT2D eigenvalue weighted by molar-refractivity contribution is 0.606. The first-order chi connectivity index (χ1) is 8.74. The number of benzene rings is 1. The summed E-state index contributed by atoms with van der Waals surface area (Å²) in [5.41, 5.74) is 1.54. The second-order valence-corrected chi connectivity index (χ2v) is 4.27. The molecule has 0 spiro atoms. The van der Waals surface area contributed by atoms with Gasteiger partial charge in [0, 0.05) is 18.9 Å². The lowest BCUT2D eigenvalue weighted by Gasteiger charge is -2.13. The molecule has 1 N–H and O–H groups in total.